The highest BCUT2D eigenvalue weighted by atomic mass is 14.9. The van der Waals surface area contributed by atoms with Crippen molar-refractivity contribution in [2.24, 2.45) is 4.99 Å². The molecule has 2 aromatic rings. The molecule has 1 aliphatic heterocycles. The van der Waals surface area contributed by atoms with Gasteiger partial charge in [-0.3, -0.25) is 4.99 Å². The Morgan fingerprint density at radius 2 is 1.89 bits per heavy atom. The third kappa shape index (κ3) is 2.02. The zero-order valence-corrected chi connectivity index (χ0v) is 10.5. The molecule has 1 N–H and O–H groups in total. The van der Waals surface area contributed by atoms with Crippen LogP contribution in [0.1, 0.15) is 16.7 Å². The van der Waals surface area contributed by atoms with E-state index >= 15 is 0 Å². The molecule has 3 rings (SSSR count). The molecule has 0 aromatic heterocycles. The zero-order chi connectivity index (χ0) is 12.4. The lowest BCUT2D eigenvalue weighted by atomic mass is 9.99. The lowest BCUT2D eigenvalue weighted by Gasteiger charge is -2.11. The number of aliphatic imine (C=N–C) groups is 1. The quantitative estimate of drug-likeness (QED) is 0.807. The fourth-order valence-electron chi connectivity index (χ4n) is 2.29. The van der Waals surface area contributed by atoms with Crippen LogP contribution < -0.4 is 5.32 Å². The molecule has 0 saturated heterocycles. The minimum absolute atomic E-state index is 0.817. The van der Waals surface area contributed by atoms with Crippen molar-refractivity contribution in [2.45, 2.75) is 6.92 Å². The average molecular weight is 236 g/mol. The summed E-state index contributed by atoms with van der Waals surface area (Å²) in [6, 6.07) is 16.9. The van der Waals surface area contributed by atoms with Gasteiger partial charge in [0.1, 0.15) is 0 Å². The molecule has 18 heavy (non-hydrogen) atoms. The van der Waals surface area contributed by atoms with E-state index in [-0.39, 0.29) is 0 Å². The molecule has 2 aromatic carbocycles. The van der Waals surface area contributed by atoms with Crippen molar-refractivity contribution >= 4 is 11.4 Å². The maximum absolute atomic E-state index is 4.73. The van der Waals surface area contributed by atoms with E-state index in [4.69, 9.17) is 4.99 Å². The van der Waals surface area contributed by atoms with Crippen LogP contribution in [0.15, 0.2) is 53.5 Å². The topological polar surface area (TPSA) is 24.4 Å². The summed E-state index contributed by atoms with van der Waals surface area (Å²) >= 11 is 0. The first kappa shape index (κ1) is 11.0. The van der Waals surface area contributed by atoms with Gasteiger partial charge in [0.2, 0.25) is 0 Å². The summed E-state index contributed by atoms with van der Waals surface area (Å²) in [6.07, 6.45) is 0. The second kappa shape index (κ2) is 4.65. The van der Waals surface area contributed by atoms with Crippen LogP contribution in [0.25, 0.3) is 0 Å². The molecule has 0 amide bonds. The van der Waals surface area contributed by atoms with E-state index in [1.165, 1.54) is 22.4 Å². The normalized spacial score (nSPS) is 14.2. The van der Waals surface area contributed by atoms with Crippen molar-refractivity contribution in [1.29, 1.82) is 0 Å². The smallest absolute Gasteiger partial charge is 0.0740 e. The van der Waals surface area contributed by atoms with E-state index in [1.807, 2.05) is 6.07 Å². The Kier molecular flexibility index (Phi) is 2.85. The van der Waals surface area contributed by atoms with Gasteiger partial charge in [0.15, 0.2) is 0 Å². The van der Waals surface area contributed by atoms with Crippen molar-refractivity contribution in [2.75, 3.05) is 18.4 Å². The third-order valence-electron chi connectivity index (χ3n) is 3.17. The molecule has 0 atom stereocenters. The van der Waals surface area contributed by atoms with Crippen LogP contribution in [0.5, 0.6) is 0 Å². The van der Waals surface area contributed by atoms with Crippen molar-refractivity contribution in [3.05, 3.63) is 65.2 Å². The molecule has 0 aliphatic carbocycles. The van der Waals surface area contributed by atoms with Crippen LogP contribution in [-0.2, 0) is 0 Å². The highest BCUT2D eigenvalue weighted by Crippen LogP contribution is 2.23. The van der Waals surface area contributed by atoms with Crippen molar-refractivity contribution in [3.8, 4) is 0 Å². The van der Waals surface area contributed by atoms with Gasteiger partial charge in [0.05, 0.1) is 12.3 Å². The molecule has 0 bridgehead atoms. The molecular formula is C16H16N2. The van der Waals surface area contributed by atoms with Crippen molar-refractivity contribution < 1.29 is 0 Å². The molecule has 1 heterocycles. The van der Waals surface area contributed by atoms with Crippen LogP contribution in [0.2, 0.25) is 0 Å². The number of aryl methyl sites for hydroxylation is 1. The number of benzene rings is 2. The standard InChI is InChI=1S/C16H16N2/c1-12-7-8-15-14(11-12)16(18-10-9-17-15)13-5-3-2-4-6-13/h2-8,11,17H,9-10H2,1H3. The highest BCUT2D eigenvalue weighted by molar-refractivity contribution is 6.16. The van der Waals surface area contributed by atoms with Crippen molar-refractivity contribution in [3.63, 3.8) is 0 Å². The van der Waals surface area contributed by atoms with Crippen LogP contribution in [0, 0.1) is 6.92 Å². The number of fused-ring (bicyclic) bond motifs is 1. The van der Waals surface area contributed by atoms with Gasteiger partial charge in [-0.15, -0.1) is 0 Å². The van der Waals surface area contributed by atoms with Gasteiger partial charge in [-0.1, -0.05) is 42.0 Å². The second-order valence-corrected chi connectivity index (χ2v) is 4.57. The number of anilines is 1. The minimum Gasteiger partial charge on any atom is -0.383 e. The lowest BCUT2D eigenvalue weighted by Crippen LogP contribution is -2.05. The minimum atomic E-state index is 0.817. The van der Waals surface area contributed by atoms with E-state index in [9.17, 15) is 0 Å². The van der Waals surface area contributed by atoms with Crippen LogP contribution in [-0.4, -0.2) is 18.8 Å². The number of nitrogens with zero attached hydrogens (tertiary/aromatic N) is 1. The molecular weight excluding hydrogens is 220 g/mol. The molecule has 0 unspecified atom stereocenters. The molecule has 0 radical (unpaired) electrons. The van der Waals surface area contributed by atoms with Crippen LogP contribution in [0.4, 0.5) is 5.69 Å². The van der Waals surface area contributed by atoms with Gasteiger partial charge in [0, 0.05) is 23.4 Å². The Bertz CT molecular complexity index is 585. The Balaban J connectivity index is 2.16. The van der Waals surface area contributed by atoms with Gasteiger partial charge < -0.3 is 5.32 Å². The van der Waals surface area contributed by atoms with Gasteiger partial charge in [-0.25, -0.2) is 0 Å². The zero-order valence-electron chi connectivity index (χ0n) is 10.5. The number of hydrogen-bond donors (Lipinski definition) is 1. The number of nitrogens with one attached hydrogen (secondary N) is 1. The maximum atomic E-state index is 4.73. The highest BCUT2D eigenvalue weighted by Gasteiger charge is 2.13. The number of rotatable bonds is 1. The Morgan fingerprint density at radius 3 is 2.72 bits per heavy atom. The lowest BCUT2D eigenvalue weighted by molar-refractivity contribution is 1.04. The van der Waals surface area contributed by atoms with Gasteiger partial charge in [-0.05, 0) is 19.1 Å². The first-order chi connectivity index (χ1) is 8.84. The summed E-state index contributed by atoms with van der Waals surface area (Å²) in [4.78, 5) is 4.73. The molecule has 0 spiro atoms. The van der Waals surface area contributed by atoms with Gasteiger partial charge in [0.25, 0.3) is 0 Å². The van der Waals surface area contributed by atoms with E-state index < -0.39 is 0 Å². The molecule has 0 fully saturated rings. The summed E-state index contributed by atoms with van der Waals surface area (Å²) in [6.45, 7) is 3.83. The SMILES string of the molecule is Cc1ccc2c(c1)C(c1ccccc1)=NCCN2. The summed E-state index contributed by atoms with van der Waals surface area (Å²) in [5.41, 5.74) is 5.94. The average Bonchev–Trinajstić information content (AvgIpc) is 2.61. The largest absolute Gasteiger partial charge is 0.383 e. The maximum Gasteiger partial charge on any atom is 0.0740 e. The summed E-state index contributed by atoms with van der Waals surface area (Å²) in [5.74, 6) is 0. The van der Waals surface area contributed by atoms with Crippen molar-refractivity contribution in [1.82, 2.24) is 0 Å². The van der Waals surface area contributed by atoms with E-state index in [0.29, 0.717) is 0 Å². The van der Waals surface area contributed by atoms with E-state index in [2.05, 4.69) is 54.7 Å². The van der Waals surface area contributed by atoms with Crippen LogP contribution >= 0.6 is 0 Å². The molecule has 0 saturated carbocycles. The first-order valence-corrected chi connectivity index (χ1v) is 6.29. The van der Waals surface area contributed by atoms with Gasteiger partial charge in [-0.2, -0.15) is 0 Å². The third-order valence-corrected chi connectivity index (χ3v) is 3.17. The summed E-state index contributed by atoms with van der Waals surface area (Å²) < 4.78 is 0. The Hall–Kier alpha value is -2.09. The predicted octanol–water partition coefficient (Wildman–Crippen LogP) is 3.26. The van der Waals surface area contributed by atoms with E-state index in [0.717, 1.165) is 18.8 Å². The Morgan fingerprint density at radius 1 is 1.06 bits per heavy atom. The number of benzodiazepines with no additional fused rings is 1. The summed E-state index contributed by atoms with van der Waals surface area (Å²) in [5, 5.41) is 3.44. The molecule has 90 valence electrons. The predicted molar refractivity (Wildman–Crippen MR) is 76.6 cm³/mol. The Labute approximate surface area is 107 Å². The number of hydrogen-bond acceptors (Lipinski definition) is 2. The second-order valence-electron chi connectivity index (χ2n) is 4.57. The molecule has 2 nitrogen and oxygen atoms in total. The molecule has 1 aliphatic rings. The van der Waals surface area contributed by atoms with Gasteiger partial charge >= 0.3 is 0 Å². The summed E-state index contributed by atoms with van der Waals surface area (Å²) in [7, 11) is 0. The van der Waals surface area contributed by atoms with E-state index in [1.54, 1.807) is 0 Å². The fourth-order valence-corrected chi connectivity index (χ4v) is 2.29. The monoisotopic (exact) mass is 236 g/mol. The molecule has 2 heteroatoms. The fraction of sp³-hybridized carbons (Fsp3) is 0.188. The first-order valence-electron chi connectivity index (χ1n) is 6.29. The van der Waals surface area contributed by atoms with Crippen LogP contribution in [0.3, 0.4) is 0 Å².